The zero-order chi connectivity index (χ0) is 18.8. The smallest absolute Gasteiger partial charge is 0.391 e. The normalized spacial score (nSPS) is 21.8. The van der Waals surface area contributed by atoms with Crippen LogP contribution in [0.2, 0.25) is 0 Å². The molecule has 0 heterocycles. The molecule has 1 N–H and O–H groups in total. The molecule has 1 saturated carbocycles. The van der Waals surface area contributed by atoms with Gasteiger partial charge in [-0.05, 0) is 31.4 Å². The van der Waals surface area contributed by atoms with Gasteiger partial charge < -0.3 is 4.74 Å². The fourth-order valence-electron chi connectivity index (χ4n) is 2.87. The van der Waals surface area contributed by atoms with Gasteiger partial charge in [0.15, 0.2) is 4.90 Å². The van der Waals surface area contributed by atoms with Gasteiger partial charge in [0.2, 0.25) is 10.0 Å². The standard InChI is InChI=1S/C14H17F3N2O5S/c1-24-11-5-6-13(12(8-11)19(20)21)25(22,23)18-10-4-2-3-9(7-10)14(15,16)17/h5-6,8-10,18H,2-4,7H2,1H3. The third kappa shape index (κ3) is 4.60. The first-order valence-corrected chi connectivity index (χ1v) is 8.94. The van der Waals surface area contributed by atoms with Crippen molar-refractivity contribution in [3.8, 4) is 5.75 Å². The van der Waals surface area contributed by atoms with Gasteiger partial charge in [-0.15, -0.1) is 0 Å². The quantitative estimate of drug-likeness (QED) is 0.623. The molecule has 1 aromatic rings. The van der Waals surface area contributed by atoms with Crippen molar-refractivity contribution in [3.63, 3.8) is 0 Å². The fraction of sp³-hybridized carbons (Fsp3) is 0.571. The number of benzene rings is 1. The van der Waals surface area contributed by atoms with E-state index in [1.807, 2.05) is 0 Å². The largest absolute Gasteiger partial charge is 0.497 e. The Morgan fingerprint density at radius 2 is 2.00 bits per heavy atom. The summed E-state index contributed by atoms with van der Waals surface area (Å²) in [5.74, 6) is -1.49. The van der Waals surface area contributed by atoms with Crippen molar-refractivity contribution in [2.24, 2.45) is 5.92 Å². The van der Waals surface area contributed by atoms with E-state index >= 15 is 0 Å². The van der Waals surface area contributed by atoms with Gasteiger partial charge in [-0.1, -0.05) is 6.42 Å². The summed E-state index contributed by atoms with van der Waals surface area (Å²) in [6, 6.07) is 2.27. The molecule has 7 nitrogen and oxygen atoms in total. The lowest BCUT2D eigenvalue weighted by Gasteiger charge is -2.30. The van der Waals surface area contributed by atoms with Crippen molar-refractivity contribution in [2.75, 3.05) is 7.11 Å². The summed E-state index contributed by atoms with van der Waals surface area (Å²) in [6.07, 6.45) is -4.36. The number of alkyl halides is 3. The number of sulfonamides is 1. The van der Waals surface area contributed by atoms with Crippen LogP contribution in [-0.2, 0) is 10.0 Å². The van der Waals surface area contributed by atoms with Crippen LogP contribution in [0, 0.1) is 16.0 Å². The Morgan fingerprint density at radius 3 is 2.56 bits per heavy atom. The molecule has 2 unspecified atom stereocenters. The molecule has 11 heteroatoms. The Hall–Kier alpha value is -1.88. The van der Waals surface area contributed by atoms with Gasteiger partial charge in [-0.2, -0.15) is 13.2 Å². The zero-order valence-corrected chi connectivity index (χ0v) is 14.1. The molecule has 1 aliphatic carbocycles. The molecule has 1 fully saturated rings. The van der Waals surface area contributed by atoms with E-state index in [1.54, 1.807) is 0 Å². The number of nitrogens with one attached hydrogen (secondary N) is 1. The number of hydrogen-bond acceptors (Lipinski definition) is 5. The van der Waals surface area contributed by atoms with E-state index in [9.17, 15) is 31.7 Å². The van der Waals surface area contributed by atoms with Crippen LogP contribution in [0.3, 0.4) is 0 Å². The first-order valence-electron chi connectivity index (χ1n) is 7.46. The van der Waals surface area contributed by atoms with Gasteiger partial charge in [0, 0.05) is 6.04 Å². The van der Waals surface area contributed by atoms with E-state index < -0.39 is 43.7 Å². The monoisotopic (exact) mass is 382 g/mol. The van der Waals surface area contributed by atoms with Crippen LogP contribution in [0.15, 0.2) is 23.1 Å². The molecule has 140 valence electrons. The molecule has 0 aliphatic heterocycles. The minimum Gasteiger partial charge on any atom is -0.497 e. The average molecular weight is 382 g/mol. The van der Waals surface area contributed by atoms with Crippen molar-refractivity contribution in [1.29, 1.82) is 0 Å². The Labute approximate surface area is 142 Å². The Morgan fingerprint density at radius 1 is 1.32 bits per heavy atom. The molecule has 1 aromatic carbocycles. The molecule has 0 amide bonds. The van der Waals surface area contributed by atoms with Crippen LogP contribution in [0.5, 0.6) is 5.75 Å². The first kappa shape index (κ1) is 19.4. The van der Waals surface area contributed by atoms with E-state index in [4.69, 9.17) is 4.74 Å². The molecule has 0 aromatic heterocycles. The number of ether oxygens (including phenoxy) is 1. The molecule has 2 atom stereocenters. The number of nitrogens with zero attached hydrogens (tertiary/aromatic N) is 1. The van der Waals surface area contributed by atoms with Crippen molar-refractivity contribution >= 4 is 15.7 Å². The van der Waals surface area contributed by atoms with E-state index in [0.29, 0.717) is 0 Å². The highest BCUT2D eigenvalue weighted by molar-refractivity contribution is 7.89. The molecule has 0 radical (unpaired) electrons. The molecular formula is C14H17F3N2O5S. The van der Waals surface area contributed by atoms with Crippen molar-refractivity contribution in [2.45, 2.75) is 42.8 Å². The van der Waals surface area contributed by atoms with Gasteiger partial charge in [-0.25, -0.2) is 13.1 Å². The maximum atomic E-state index is 12.8. The summed E-state index contributed by atoms with van der Waals surface area (Å²) in [4.78, 5) is 9.64. The van der Waals surface area contributed by atoms with Crippen LogP contribution in [0.25, 0.3) is 0 Å². The topological polar surface area (TPSA) is 98.5 Å². The van der Waals surface area contributed by atoms with Crippen molar-refractivity contribution in [1.82, 2.24) is 4.72 Å². The maximum Gasteiger partial charge on any atom is 0.391 e. The lowest BCUT2D eigenvalue weighted by atomic mass is 9.86. The van der Waals surface area contributed by atoms with Gasteiger partial charge in [-0.3, -0.25) is 10.1 Å². The van der Waals surface area contributed by atoms with Gasteiger partial charge in [0.05, 0.1) is 24.0 Å². The molecule has 0 bridgehead atoms. The van der Waals surface area contributed by atoms with Crippen LogP contribution in [-0.4, -0.2) is 32.7 Å². The Kier molecular flexibility index (Phi) is 5.57. The van der Waals surface area contributed by atoms with Crippen molar-refractivity contribution < 1.29 is 31.2 Å². The highest BCUT2D eigenvalue weighted by Gasteiger charge is 2.43. The lowest BCUT2D eigenvalue weighted by Crippen LogP contribution is -2.41. The molecule has 25 heavy (non-hydrogen) atoms. The predicted molar refractivity (Wildman–Crippen MR) is 81.8 cm³/mol. The lowest BCUT2D eigenvalue weighted by molar-refractivity contribution is -0.387. The zero-order valence-electron chi connectivity index (χ0n) is 13.2. The van der Waals surface area contributed by atoms with Crippen LogP contribution < -0.4 is 9.46 Å². The molecule has 0 spiro atoms. The number of methoxy groups -OCH3 is 1. The van der Waals surface area contributed by atoms with Crippen molar-refractivity contribution in [3.05, 3.63) is 28.3 Å². The number of halogens is 3. The molecule has 1 aliphatic rings. The van der Waals surface area contributed by atoms with Gasteiger partial charge >= 0.3 is 6.18 Å². The minimum atomic E-state index is -4.39. The second-order valence-corrected chi connectivity index (χ2v) is 7.50. The molecule has 2 rings (SSSR count). The summed E-state index contributed by atoms with van der Waals surface area (Å²) in [5.41, 5.74) is -0.699. The average Bonchev–Trinajstić information content (AvgIpc) is 2.53. The van der Waals surface area contributed by atoms with E-state index in [1.165, 1.54) is 13.2 Å². The van der Waals surface area contributed by atoms with Crippen LogP contribution in [0.4, 0.5) is 18.9 Å². The second kappa shape index (κ2) is 7.16. The Balaban J connectivity index is 2.26. The first-order chi connectivity index (χ1) is 11.5. The van der Waals surface area contributed by atoms with Gasteiger partial charge in [0.1, 0.15) is 5.75 Å². The van der Waals surface area contributed by atoms with E-state index in [0.717, 1.165) is 12.1 Å². The van der Waals surface area contributed by atoms with Crippen LogP contribution >= 0.6 is 0 Å². The SMILES string of the molecule is COc1ccc(S(=O)(=O)NC2CCCC(C(F)(F)F)C2)c([N+](=O)[O-])c1. The number of rotatable bonds is 5. The molecular weight excluding hydrogens is 365 g/mol. The summed E-state index contributed by atoms with van der Waals surface area (Å²) in [5, 5.41) is 11.1. The summed E-state index contributed by atoms with van der Waals surface area (Å²) in [7, 11) is -3.08. The highest BCUT2D eigenvalue weighted by Crippen LogP contribution is 2.38. The highest BCUT2D eigenvalue weighted by atomic mass is 32.2. The summed E-state index contributed by atoms with van der Waals surface area (Å²) in [6.45, 7) is 0. The number of nitro benzene ring substituents is 1. The summed E-state index contributed by atoms with van der Waals surface area (Å²) >= 11 is 0. The number of hydrogen-bond donors (Lipinski definition) is 1. The summed E-state index contributed by atoms with van der Waals surface area (Å²) < 4.78 is 70.4. The predicted octanol–water partition coefficient (Wildman–Crippen LogP) is 3.00. The minimum absolute atomic E-state index is 0.0512. The fourth-order valence-corrected chi connectivity index (χ4v) is 4.31. The van der Waals surface area contributed by atoms with E-state index in [-0.39, 0.29) is 31.4 Å². The molecule has 0 saturated heterocycles. The second-order valence-electron chi connectivity index (χ2n) is 5.81. The third-order valence-electron chi connectivity index (χ3n) is 4.11. The van der Waals surface area contributed by atoms with E-state index in [2.05, 4.69) is 4.72 Å². The van der Waals surface area contributed by atoms with Gasteiger partial charge in [0.25, 0.3) is 5.69 Å². The third-order valence-corrected chi connectivity index (χ3v) is 5.68. The number of nitro groups is 1. The van der Waals surface area contributed by atoms with Crippen LogP contribution in [0.1, 0.15) is 25.7 Å². The maximum absolute atomic E-state index is 12.8. The Bertz CT molecular complexity index is 751.